The lowest BCUT2D eigenvalue weighted by molar-refractivity contribution is 0.101. The quantitative estimate of drug-likeness (QED) is 0.680. The normalized spacial score (nSPS) is 16.4. The van der Waals surface area contributed by atoms with Crippen molar-refractivity contribution in [2.45, 2.75) is 31.4 Å². The van der Waals surface area contributed by atoms with Gasteiger partial charge in [-0.15, -0.1) is 18.8 Å². The summed E-state index contributed by atoms with van der Waals surface area (Å²) in [6, 6.07) is 16.2. The van der Waals surface area contributed by atoms with Gasteiger partial charge in [-0.3, -0.25) is 0 Å². The average molecular weight is 388 g/mol. The lowest BCUT2D eigenvalue weighted by Gasteiger charge is -2.27. The second-order valence-electron chi connectivity index (χ2n) is 6.46. The molecule has 5 heteroatoms. The minimum Gasteiger partial charge on any atom is -0.487 e. The van der Waals surface area contributed by atoms with E-state index < -0.39 is 6.10 Å². The Hall–Kier alpha value is -2.19. The average Bonchev–Trinajstić information content (AvgIpc) is 2.69. The molecule has 27 heavy (non-hydrogen) atoms. The number of hydrogen-bond donors (Lipinski definition) is 2. The molecule has 2 aromatic rings. The molecule has 0 saturated carbocycles. The van der Waals surface area contributed by atoms with Gasteiger partial charge in [0, 0.05) is 12.6 Å². The fraction of sp³-hybridized carbons (Fsp3) is 0.364. The Morgan fingerprint density at radius 2 is 1.81 bits per heavy atom. The van der Waals surface area contributed by atoms with Crippen LogP contribution in [0.3, 0.4) is 0 Å². The highest BCUT2D eigenvalue weighted by Gasteiger charge is 2.20. The summed E-state index contributed by atoms with van der Waals surface area (Å²) in [6.07, 6.45) is 8.01. The molecule has 2 N–H and O–H groups in total. The fourth-order valence-corrected chi connectivity index (χ4v) is 3.30. The predicted molar refractivity (Wildman–Crippen MR) is 110 cm³/mol. The first-order valence-corrected chi connectivity index (χ1v) is 9.05. The first-order chi connectivity index (χ1) is 12.8. The molecule has 2 aromatic carbocycles. The highest BCUT2D eigenvalue weighted by Crippen LogP contribution is 2.29. The molecule has 0 heterocycles. The number of aliphatic hydroxyl groups is 1. The number of halogens is 1. The summed E-state index contributed by atoms with van der Waals surface area (Å²) in [5.41, 5.74) is 2.75. The molecule has 2 atom stereocenters. The number of terminal acetylenes is 1. The summed E-state index contributed by atoms with van der Waals surface area (Å²) in [6.45, 7) is 0.857. The predicted octanol–water partition coefficient (Wildman–Crippen LogP) is 3.53. The molecule has 144 valence electrons. The van der Waals surface area contributed by atoms with Crippen LogP contribution in [0.15, 0.2) is 48.5 Å². The number of fused-ring (bicyclic) bond motifs is 1. The van der Waals surface area contributed by atoms with E-state index in [0.29, 0.717) is 24.1 Å². The second-order valence-corrected chi connectivity index (χ2v) is 6.46. The molecule has 0 saturated heterocycles. The number of hydrogen-bond acceptors (Lipinski definition) is 4. The van der Waals surface area contributed by atoms with Crippen LogP contribution in [0.1, 0.15) is 30.0 Å². The summed E-state index contributed by atoms with van der Waals surface area (Å²) in [5.74, 6) is 3.61. The van der Waals surface area contributed by atoms with Crippen molar-refractivity contribution >= 4 is 12.4 Å². The molecule has 0 radical (unpaired) electrons. The molecule has 2 unspecified atom stereocenters. The molecule has 1 aliphatic rings. The standard InChI is InChI=1S/C22H25NO3.ClH/c1-2-14-25-21-12-5-6-13-22(21)26-16-18(24)15-23-20-11-7-9-17-8-3-4-10-19(17)20;/h1,3-6,8,10,12-13,18,20,23-24H,7,9,11,14-16H2;1H. The van der Waals surface area contributed by atoms with Gasteiger partial charge in [-0.25, -0.2) is 0 Å². The zero-order chi connectivity index (χ0) is 18.2. The lowest BCUT2D eigenvalue weighted by atomic mass is 9.88. The maximum absolute atomic E-state index is 10.3. The molecule has 4 nitrogen and oxygen atoms in total. The zero-order valence-electron chi connectivity index (χ0n) is 15.3. The van der Waals surface area contributed by atoms with Crippen molar-refractivity contribution in [1.82, 2.24) is 5.32 Å². The van der Waals surface area contributed by atoms with Crippen LogP contribution >= 0.6 is 12.4 Å². The number of rotatable bonds is 8. The Bertz CT molecular complexity index is 759. The van der Waals surface area contributed by atoms with E-state index in [1.165, 1.54) is 17.5 Å². The van der Waals surface area contributed by atoms with Crippen LogP contribution in [0.2, 0.25) is 0 Å². The summed E-state index contributed by atoms with van der Waals surface area (Å²) in [5, 5.41) is 13.8. The van der Waals surface area contributed by atoms with Crippen molar-refractivity contribution in [3.05, 3.63) is 59.7 Å². The van der Waals surface area contributed by atoms with Gasteiger partial charge >= 0.3 is 0 Å². The Labute approximate surface area is 167 Å². The van der Waals surface area contributed by atoms with Gasteiger partial charge in [0.25, 0.3) is 0 Å². The van der Waals surface area contributed by atoms with E-state index in [4.69, 9.17) is 15.9 Å². The van der Waals surface area contributed by atoms with E-state index in [2.05, 4.69) is 35.5 Å². The topological polar surface area (TPSA) is 50.7 Å². The van der Waals surface area contributed by atoms with Crippen LogP contribution in [0.5, 0.6) is 11.5 Å². The summed E-state index contributed by atoms with van der Waals surface area (Å²) < 4.78 is 11.2. The molecule has 0 spiro atoms. The maximum atomic E-state index is 10.3. The van der Waals surface area contributed by atoms with Crippen molar-refractivity contribution in [2.24, 2.45) is 0 Å². The van der Waals surface area contributed by atoms with Crippen molar-refractivity contribution in [1.29, 1.82) is 0 Å². The van der Waals surface area contributed by atoms with E-state index >= 15 is 0 Å². The number of aliphatic hydroxyl groups excluding tert-OH is 1. The molecule has 0 amide bonds. The maximum Gasteiger partial charge on any atom is 0.162 e. The molecule has 3 rings (SSSR count). The highest BCUT2D eigenvalue weighted by molar-refractivity contribution is 5.85. The van der Waals surface area contributed by atoms with Gasteiger partial charge in [0.1, 0.15) is 19.3 Å². The first kappa shape index (κ1) is 21.1. The Morgan fingerprint density at radius 1 is 1.11 bits per heavy atom. The zero-order valence-corrected chi connectivity index (χ0v) is 16.1. The third-order valence-electron chi connectivity index (χ3n) is 4.56. The van der Waals surface area contributed by atoms with E-state index in [1.807, 2.05) is 18.2 Å². The van der Waals surface area contributed by atoms with Crippen LogP contribution < -0.4 is 14.8 Å². The lowest BCUT2D eigenvalue weighted by Crippen LogP contribution is -2.35. The Morgan fingerprint density at radius 3 is 2.59 bits per heavy atom. The van der Waals surface area contributed by atoms with Crippen molar-refractivity contribution in [2.75, 3.05) is 19.8 Å². The third-order valence-corrected chi connectivity index (χ3v) is 4.56. The van der Waals surface area contributed by atoms with Crippen LogP contribution in [0.4, 0.5) is 0 Å². The molecule has 0 fully saturated rings. The van der Waals surface area contributed by atoms with Crippen LogP contribution in [0, 0.1) is 12.3 Å². The van der Waals surface area contributed by atoms with E-state index in [-0.39, 0.29) is 25.6 Å². The van der Waals surface area contributed by atoms with E-state index in [1.54, 1.807) is 6.07 Å². The summed E-state index contributed by atoms with van der Waals surface area (Å²) in [4.78, 5) is 0. The molecular weight excluding hydrogens is 362 g/mol. The van der Waals surface area contributed by atoms with Gasteiger partial charge in [-0.1, -0.05) is 42.3 Å². The highest BCUT2D eigenvalue weighted by atomic mass is 35.5. The van der Waals surface area contributed by atoms with Crippen molar-refractivity contribution < 1.29 is 14.6 Å². The Balaban J connectivity index is 0.00000261. The molecule has 0 aromatic heterocycles. The van der Waals surface area contributed by atoms with E-state index in [0.717, 1.165) is 12.8 Å². The fourth-order valence-electron chi connectivity index (χ4n) is 3.30. The SMILES string of the molecule is C#CCOc1ccccc1OCC(O)CNC1CCCc2ccccc21.Cl. The number of aryl methyl sites for hydroxylation is 1. The number of benzene rings is 2. The van der Waals surface area contributed by atoms with Gasteiger partial charge in [0.15, 0.2) is 11.5 Å². The van der Waals surface area contributed by atoms with Gasteiger partial charge in [0.05, 0.1) is 0 Å². The van der Waals surface area contributed by atoms with Gasteiger partial charge < -0.3 is 19.9 Å². The van der Waals surface area contributed by atoms with Crippen LogP contribution in [-0.4, -0.2) is 31.0 Å². The summed E-state index contributed by atoms with van der Waals surface area (Å²) in [7, 11) is 0. The van der Waals surface area contributed by atoms with Crippen LogP contribution in [0.25, 0.3) is 0 Å². The van der Waals surface area contributed by atoms with Gasteiger partial charge in [0.2, 0.25) is 0 Å². The van der Waals surface area contributed by atoms with Crippen molar-refractivity contribution in [3.8, 4) is 23.8 Å². The third kappa shape index (κ3) is 5.90. The van der Waals surface area contributed by atoms with Crippen LogP contribution in [-0.2, 0) is 6.42 Å². The van der Waals surface area contributed by atoms with E-state index in [9.17, 15) is 5.11 Å². The molecular formula is C22H26ClNO3. The molecule has 0 bridgehead atoms. The summed E-state index contributed by atoms with van der Waals surface area (Å²) >= 11 is 0. The minimum absolute atomic E-state index is 0. The minimum atomic E-state index is -0.607. The monoisotopic (exact) mass is 387 g/mol. The van der Waals surface area contributed by atoms with Crippen molar-refractivity contribution in [3.63, 3.8) is 0 Å². The number of nitrogens with one attached hydrogen (secondary N) is 1. The largest absolute Gasteiger partial charge is 0.487 e. The number of para-hydroxylation sites is 2. The number of ether oxygens (including phenoxy) is 2. The smallest absolute Gasteiger partial charge is 0.162 e. The van der Waals surface area contributed by atoms with Gasteiger partial charge in [-0.2, -0.15) is 0 Å². The second kappa shape index (κ2) is 10.8. The molecule has 1 aliphatic carbocycles. The Kier molecular flexibility index (Phi) is 8.47. The molecule has 0 aliphatic heterocycles. The van der Waals surface area contributed by atoms with Gasteiger partial charge in [-0.05, 0) is 42.5 Å². The first-order valence-electron chi connectivity index (χ1n) is 9.05.